The number of rotatable bonds is 4. The number of hydrogen-bond donors (Lipinski definition) is 0. The number of hydrogen-bond acceptors (Lipinski definition) is 3. The van der Waals surface area contributed by atoms with Crippen LogP contribution in [0.5, 0.6) is 0 Å². The molecule has 4 nitrogen and oxygen atoms in total. The molecule has 114 valence electrons. The van der Waals surface area contributed by atoms with Crippen molar-refractivity contribution in [3.63, 3.8) is 0 Å². The van der Waals surface area contributed by atoms with Crippen LogP contribution < -0.4 is 0 Å². The Morgan fingerprint density at radius 1 is 1.19 bits per heavy atom. The summed E-state index contributed by atoms with van der Waals surface area (Å²) in [5, 5.41) is 0. The zero-order valence-corrected chi connectivity index (χ0v) is 13.1. The van der Waals surface area contributed by atoms with Gasteiger partial charge in [0.05, 0.1) is 6.54 Å². The Kier molecular flexibility index (Phi) is 4.27. The Balaban J connectivity index is 1.49. The summed E-state index contributed by atoms with van der Waals surface area (Å²) in [6.07, 6.45) is 2.28. The largest absolute Gasteiger partial charge is 0.339 e. The van der Waals surface area contributed by atoms with Crippen molar-refractivity contribution in [2.45, 2.75) is 18.9 Å². The third-order valence-corrected chi connectivity index (χ3v) is 4.88. The van der Waals surface area contributed by atoms with Crippen LogP contribution in [0.25, 0.3) is 0 Å². The summed E-state index contributed by atoms with van der Waals surface area (Å²) in [4.78, 5) is 18.5. The normalized spacial score (nSPS) is 20.3. The second-order valence-corrected chi connectivity index (χ2v) is 6.43. The highest BCUT2D eigenvalue weighted by atomic mass is 16.2. The van der Waals surface area contributed by atoms with Crippen LogP contribution >= 0.6 is 0 Å². The van der Waals surface area contributed by atoms with Crippen LogP contribution in [0.2, 0.25) is 0 Å². The Morgan fingerprint density at radius 2 is 1.86 bits per heavy atom. The predicted octanol–water partition coefficient (Wildman–Crippen LogP) is 0.860. The number of carbonyl (C=O) groups excluding carboxylic acids is 1. The number of likely N-dealkylation sites (N-methyl/N-ethyl adjacent to an activating group) is 2. The lowest BCUT2D eigenvalue weighted by Gasteiger charge is -2.34. The van der Waals surface area contributed by atoms with Crippen molar-refractivity contribution in [2.24, 2.45) is 0 Å². The quantitative estimate of drug-likeness (QED) is 0.822. The van der Waals surface area contributed by atoms with E-state index in [4.69, 9.17) is 0 Å². The predicted molar refractivity (Wildman–Crippen MR) is 84.3 cm³/mol. The van der Waals surface area contributed by atoms with Crippen LogP contribution in [0.15, 0.2) is 24.3 Å². The Hall–Kier alpha value is -1.39. The first kappa shape index (κ1) is 14.5. The van der Waals surface area contributed by atoms with E-state index >= 15 is 0 Å². The van der Waals surface area contributed by atoms with Crippen LogP contribution in [-0.4, -0.2) is 73.5 Å². The maximum Gasteiger partial charge on any atom is 0.236 e. The lowest BCUT2D eigenvalue weighted by Crippen LogP contribution is -2.51. The molecule has 1 aromatic carbocycles. The molecule has 0 spiro atoms. The molecule has 2 aliphatic rings. The first-order chi connectivity index (χ1) is 10.1. The van der Waals surface area contributed by atoms with Gasteiger partial charge in [-0.3, -0.25) is 9.69 Å². The number of amides is 1. The van der Waals surface area contributed by atoms with Gasteiger partial charge in [0.25, 0.3) is 0 Å². The highest BCUT2D eigenvalue weighted by Gasteiger charge is 2.26. The van der Waals surface area contributed by atoms with Gasteiger partial charge < -0.3 is 9.80 Å². The van der Waals surface area contributed by atoms with Crippen LogP contribution in [0.1, 0.15) is 11.1 Å². The molecule has 1 aliphatic carbocycles. The molecule has 0 atom stereocenters. The van der Waals surface area contributed by atoms with Crippen LogP contribution in [0, 0.1) is 0 Å². The molecule has 21 heavy (non-hydrogen) atoms. The van der Waals surface area contributed by atoms with Crippen LogP contribution in [-0.2, 0) is 17.6 Å². The summed E-state index contributed by atoms with van der Waals surface area (Å²) in [5.74, 6) is 0.270. The van der Waals surface area contributed by atoms with E-state index in [0.717, 1.165) is 39.0 Å². The van der Waals surface area contributed by atoms with Gasteiger partial charge in [0, 0.05) is 32.2 Å². The van der Waals surface area contributed by atoms with Gasteiger partial charge >= 0.3 is 0 Å². The van der Waals surface area contributed by atoms with Crippen molar-refractivity contribution in [3.8, 4) is 0 Å². The van der Waals surface area contributed by atoms with Gasteiger partial charge in [0.1, 0.15) is 0 Å². The monoisotopic (exact) mass is 287 g/mol. The number of carbonyl (C=O) groups is 1. The molecule has 0 unspecified atom stereocenters. The molecular formula is C17H25N3O. The average Bonchev–Trinajstić information content (AvgIpc) is 2.90. The second-order valence-electron chi connectivity index (χ2n) is 6.43. The minimum absolute atomic E-state index is 0.270. The molecule has 1 heterocycles. The number of fused-ring (bicyclic) bond motifs is 1. The van der Waals surface area contributed by atoms with Crippen molar-refractivity contribution in [1.29, 1.82) is 0 Å². The fraction of sp³-hybridized carbons (Fsp3) is 0.588. The molecule has 1 aliphatic heterocycles. The van der Waals surface area contributed by atoms with Gasteiger partial charge in [0.2, 0.25) is 5.91 Å². The van der Waals surface area contributed by atoms with E-state index < -0.39 is 0 Å². The summed E-state index contributed by atoms with van der Waals surface area (Å²) < 4.78 is 0. The van der Waals surface area contributed by atoms with Gasteiger partial charge in [-0.05, 0) is 38.1 Å². The molecule has 0 saturated carbocycles. The van der Waals surface area contributed by atoms with Crippen molar-refractivity contribution in [3.05, 3.63) is 35.4 Å². The molecule has 1 amide bonds. The number of benzene rings is 1. The summed E-state index contributed by atoms with van der Waals surface area (Å²) in [6.45, 7) is 4.25. The minimum Gasteiger partial charge on any atom is -0.339 e. The fourth-order valence-electron chi connectivity index (χ4n) is 3.37. The lowest BCUT2D eigenvalue weighted by atomic mass is 10.1. The molecular weight excluding hydrogens is 262 g/mol. The molecule has 1 saturated heterocycles. The fourth-order valence-corrected chi connectivity index (χ4v) is 3.37. The van der Waals surface area contributed by atoms with E-state index in [1.165, 1.54) is 11.1 Å². The topological polar surface area (TPSA) is 26.8 Å². The maximum absolute atomic E-state index is 12.0. The van der Waals surface area contributed by atoms with E-state index in [2.05, 4.69) is 41.1 Å². The molecule has 0 bridgehead atoms. The SMILES string of the molecule is CN1CCN(CCN(C)C2Cc3ccccc3C2)C(=O)C1. The van der Waals surface area contributed by atoms with E-state index in [9.17, 15) is 4.79 Å². The van der Waals surface area contributed by atoms with Crippen LogP contribution in [0.3, 0.4) is 0 Å². The molecule has 4 heteroatoms. The molecule has 0 N–H and O–H groups in total. The first-order valence-corrected chi connectivity index (χ1v) is 7.87. The van der Waals surface area contributed by atoms with Gasteiger partial charge in [-0.2, -0.15) is 0 Å². The van der Waals surface area contributed by atoms with E-state index in [0.29, 0.717) is 12.6 Å². The van der Waals surface area contributed by atoms with Gasteiger partial charge in [0.15, 0.2) is 0 Å². The molecule has 0 aromatic heterocycles. The summed E-state index contributed by atoms with van der Waals surface area (Å²) in [7, 11) is 4.20. The first-order valence-electron chi connectivity index (χ1n) is 7.87. The molecule has 1 fully saturated rings. The van der Waals surface area contributed by atoms with Gasteiger partial charge in [-0.1, -0.05) is 24.3 Å². The Bertz CT molecular complexity index is 492. The van der Waals surface area contributed by atoms with Gasteiger partial charge in [-0.25, -0.2) is 0 Å². The van der Waals surface area contributed by atoms with E-state index in [1.54, 1.807) is 0 Å². The number of nitrogens with zero attached hydrogens (tertiary/aromatic N) is 3. The zero-order valence-electron chi connectivity index (χ0n) is 13.1. The zero-order chi connectivity index (χ0) is 14.8. The highest BCUT2D eigenvalue weighted by molar-refractivity contribution is 5.78. The molecule has 0 radical (unpaired) electrons. The second kappa shape index (κ2) is 6.16. The van der Waals surface area contributed by atoms with Crippen LogP contribution in [0.4, 0.5) is 0 Å². The Morgan fingerprint density at radius 3 is 2.48 bits per heavy atom. The van der Waals surface area contributed by atoms with Crippen molar-refractivity contribution in [1.82, 2.24) is 14.7 Å². The minimum atomic E-state index is 0.270. The standard InChI is InChI=1S/C17H25N3O/c1-18-7-9-20(17(21)13-18)10-8-19(2)16-11-14-5-3-4-6-15(14)12-16/h3-6,16H,7-13H2,1-2H3. The molecule has 1 aromatic rings. The summed E-state index contributed by atoms with van der Waals surface area (Å²) in [5.41, 5.74) is 2.98. The van der Waals surface area contributed by atoms with E-state index in [-0.39, 0.29) is 5.91 Å². The summed E-state index contributed by atoms with van der Waals surface area (Å²) in [6, 6.07) is 9.33. The van der Waals surface area contributed by atoms with Gasteiger partial charge in [-0.15, -0.1) is 0 Å². The Labute approximate surface area is 127 Å². The highest BCUT2D eigenvalue weighted by Crippen LogP contribution is 2.24. The average molecular weight is 287 g/mol. The van der Waals surface area contributed by atoms with Crippen molar-refractivity contribution < 1.29 is 4.79 Å². The van der Waals surface area contributed by atoms with Crippen molar-refractivity contribution >= 4 is 5.91 Å². The summed E-state index contributed by atoms with van der Waals surface area (Å²) >= 11 is 0. The lowest BCUT2D eigenvalue weighted by molar-refractivity contribution is -0.135. The van der Waals surface area contributed by atoms with E-state index in [1.807, 2.05) is 11.9 Å². The smallest absolute Gasteiger partial charge is 0.236 e. The number of piperazine rings is 1. The third kappa shape index (κ3) is 3.27. The molecule has 3 rings (SSSR count). The maximum atomic E-state index is 12.0. The van der Waals surface area contributed by atoms with Crippen molar-refractivity contribution in [2.75, 3.05) is 46.8 Å². The third-order valence-electron chi connectivity index (χ3n) is 4.88.